The third-order valence-electron chi connectivity index (χ3n) is 4.31. The Balaban J connectivity index is 1.90. The van der Waals surface area contributed by atoms with E-state index in [1.165, 1.54) is 57.1 Å². The second-order valence-electron chi connectivity index (χ2n) is 5.93. The molecule has 2 heterocycles. The molecule has 3 nitrogen and oxygen atoms in total. The highest BCUT2D eigenvalue weighted by molar-refractivity contribution is 5.07. The molecule has 1 aromatic heterocycles. The maximum Gasteiger partial charge on any atom is 0.0951 e. The first-order chi connectivity index (χ1) is 9.33. The molecule has 0 spiro atoms. The number of nitrogens with one attached hydrogen (secondary N) is 1. The van der Waals surface area contributed by atoms with Gasteiger partial charge in [-0.05, 0) is 32.7 Å². The molecule has 108 valence electrons. The molecule has 1 fully saturated rings. The molecule has 1 N–H and O–H groups in total. The molecule has 0 aliphatic carbocycles. The van der Waals surface area contributed by atoms with Gasteiger partial charge >= 0.3 is 0 Å². The van der Waals surface area contributed by atoms with Crippen LogP contribution in [0.15, 0.2) is 12.5 Å². The van der Waals surface area contributed by atoms with Gasteiger partial charge in [0.1, 0.15) is 0 Å². The van der Waals surface area contributed by atoms with Crippen molar-refractivity contribution in [3.05, 3.63) is 18.2 Å². The summed E-state index contributed by atoms with van der Waals surface area (Å²) in [7, 11) is 0. The quantitative estimate of drug-likeness (QED) is 0.746. The van der Waals surface area contributed by atoms with Crippen LogP contribution in [0.3, 0.4) is 0 Å². The lowest BCUT2D eigenvalue weighted by Gasteiger charge is -2.26. The van der Waals surface area contributed by atoms with Gasteiger partial charge in [-0.3, -0.25) is 0 Å². The van der Waals surface area contributed by atoms with Crippen molar-refractivity contribution >= 4 is 0 Å². The van der Waals surface area contributed by atoms with E-state index in [0.717, 1.165) is 6.54 Å². The SMILES string of the molecule is CCCCCCC(C)n1cncc1C1CCCCN1. The van der Waals surface area contributed by atoms with Crippen molar-refractivity contribution < 1.29 is 0 Å². The predicted molar refractivity (Wildman–Crippen MR) is 80.3 cm³/mol. The number of hydrogen-bond acceptors (Lipinski definition) is 2. The van der Waals surface area contributed by atoms with E-state index in [9.17, 15) is 0 Å². The molecule has 19 heavy (non-hydrogen) atoms. The summed E-state index contributed by atoms with van der Waals surface area (Å²) in [5.41, 5.74) is 1.39. The van der Waals surface area contributed by atoms with Crippen molar-refractivity contribution in [2.75, 3.05) is 6.54 Å². The number of unbranched alkanes of at least 4 members (excludes halogenated alkanes) is 3. The summed E-state index contributed by atoms with van der Waals surface area (Å²) < 4.78 is 2.40. The second-order valence-corrected chi connectivity index (χ2v) is 5.93. The molecule has 0 aromatic carbocycles. The molecule has 2 atom stereocenters. The van der Waals surface area contributed by atoms with Crippen molar-refractivity contribution in [1.82, 2.24) is 14.9 Å². The Hall–Kier alpha value is -0.830. The number of piperidine rings is 1. The number of imidazole rings is 1. The zero-order valence-electron chi connectivity index (χ0n) is 12.6. The lowest BCUT2D eigenvalue weighted by molar-refractivity contribution is 0.374. The fraction of sp³-hybridized carbons (Fsp3) is 0.812. The minimum Gasteiger partial charge on any atom is -0.330 e. The zero-order chi connectivity index (χ0) is 13.5. The third-order valence-corrected chi connectivity index (χ3v) is 4.31. The molecule has 0 bridgehead atoms. The summed E-state index contributed by atoms with van der Waals surface area (Å²) in [5, 5.41) is 3.63. The van der Waals surface area contributed by atoms with Gasteiger partial charge in [-0.15, -0.1) is 0 Å². The molecule has 0 amide bonds. The van der Waals surface area contributed by atoms with E-state index in [1.54, 1.807) is 0 Å². The van der Waals surface area contributed by atoms with Gasteiger partial charge in [-0.25, -0.2) is 4.98 Å². The molecule has 1 aromatic rings. The second kappa shape index (κ2) is 7.68. The standard InChI is InChI=1S/C16H29N3/c1-3-4-5-6-9-14(2)19-13-17-12-16(19)15-10-7-8-11-18-15/h12-15,18H,3-11H2,1-2H3. The zero-order valence-corrected chi connectivity index (χ0v) is 12.6. The lowest BCUT2D eigenvalue weighted by Crippen LogP contribution is -2.29. The molecule has 2 rings (SSSR count). The number of nitrogens with zero attached hydrogens (tertiary/aromatic N) is 2. The first-order valence-electron chi connectivity index (χ1n) is 8.08. The number of aromatic nitrogens is 2. The summed E-state index contributed by atoms with van der Waals surface area (Å²) in [6.07, 6.45) is 14.7. The molecule has 0 radical (unpaired) electrons. The molecular weight excluding hydrogens is 234 g/mol. The van der Waals surface area contributed by atoms with E-state index in [1.807, 2.05) is 6.33 Å². The summed E-state index contributed by atoms with van der Waals surface area (Å²) in [4.78, 5) is 4.39. The molecule has 2 unspecified atom stereocenters. The van der Waals surface area contributed by atoms with Crippen molar-refractivity contribution in [3.8, 4) is 0 Å². The van der Waals surface area contributed by atoms with Gasteiger partial charge in [-0.2, -0.15) is 0 Å². The van der Waals surface area contributed by atoms with E-state index in [0.29, 0.717) is 12.1 Å². The van der Waals surface area contributed by atoms with Crippen LogP contribution in [0.2, 0.25) is 0 Å². The van der Waals surface area contributed by atoms with E-state index < -0.39 is 0 Å². The summed E-state index contributed by atoms with van der Waals surface area (Å²) >= 11 is 0. The summed E-state index contributed by atoms with van der Waals surface area (Å²) in [6.45, 7) is 5.76. The van der Waals surface area contributed by atoms with Gasteiger partial charge in [0.15, 0.2) is 0 Å². The highest BCUT2D eigenvalue weighted by atomic mass is 15.1. The minimum absolute atomic E-state index is 0.523. The molecule has 1 aliphatic heterocycles. The smallest absolute Gasteiger partial charge is 0.0951 e. The van der Waals surface area contributed by atoms with Crippen LogP contribution in [-0.4, -0.2) is 16.1 Å². The van der Waals surface area contributed by atoms with Gasteiger partial charge in [-0.1, -0.05) is 39.0 Å². The van der Waals surface area contributed by atoms with Crippen LogP contribution in [0.25, 0.3) is 0 Å². The van der Waals surface area contributed by atoms with E-state index in [2.05, 4.69) is 34.9 Å². The highest BCUT2D eigenvalue weighted by Gasteiger charge is 2.20. The van der Waals surface area contributed by atoms with Crippen LogP contribution in [0, 0.1) is 0 Å². The molecule has 3 heteroatoms. The Labute approximate surface area is 117 Å². The fourth-order valence-electron chi connectivity index (χ4n) is 3.06. The summed E-state index contributed by atoms with van der Waals surface area (Å²) in [5.74, 6) is 0. The van der Waals surface area contributed by atoms with Crippen LogP contribution in [0.1, 0.15) is 83.0 Å². The van der Waals surface area contributed by atoms with Gasteiger partial charge in [0.25, 0.3) is 0 Å². The van der Waals surface area contributed by atoms with Crippen molar-refractivity contribution in [2.24, 2.45) is 0 Å². The van der Waals surface area contributed by atoms with Gasteiger partial charge in [0, 0.05) is 18.3 Å². The fourth-order valence-corrected chi connectivity index (χ4v) is 3.06. The predicted octanol–water partition coefficient (Wildman–Crippen LogP) is 4.23. The molecule has 1 saturated heterocycles. The van der Waals surface area contributed by atoms with Crippen molar-refractivity contribution in [3.63, 3.8) is 0 Å². The van der Waals surface area contributed by atoms with E-state index in [-0.39, 0.29) is 0 Å². The first kappa shape index (κ1) is 14.6. The Morgan fingerprint density at radius 3 is 3.00 bits per heavy atom. The first-order valence-corrected chi connectivity index (χ1v) is 8.08. The van der Waals surface area contributed by atoms with Gasteiger partial charge in [0.2, 0.25) is 0 Å². The number of rotatable bonds is 7. The van der Waals surface area contributed by atoms with Crippen LogP contribution in [0.4, 0.5) is 0 Å². The Bertz CT molecular complexity index is 353. The van der Waals surface area contributed by atoms with Crippen LogP contribution >= 0.6 is 0 Å². The molecular formula is C16H29N3. The normalized spacial score (nSPS) is 21.5. The monoisotopic (exact) mass is 263 g/mol. The van der Waals surface area contributed by atoms with Crippen molar-refractivity contribution in [1.29, 1.82) is 0 Å². The lowest BCUT2D eigenvalue weighted by atomic mass is 10.0. The largest absolute Gasteiger partial charge is 0.330 e. The van der Waals surface area contributed by atoms with Gasteiger partial charge < -0.3 is 9.88 Å². The maximum atomic E-state index is 4.39. The average Bonchev–Trinajstić information content (AvgIpc) is 2.94. The topological polar surface area (TPSA) is 29.9 Å². The Kier molecular flexibility index (Phi) is 5.90. The maximum absolute atomic E-state index is 4.39. The van der Waals surface area contributed by atoms with Crippen LogP contribution < -0.4 is 5.32 Å². The van der Waals surface area contributed by atoms with E-state index in [4.69, 9.17) is 0 Å². The van der Waals surface area contributed by atoms with Crippen LogP contribution in [-0.2, 0) is 0 Å². The number of hydrogen-bond donors (Lipinski definition) is 1. The van der Waals surface area contributed by atoms with Crippen molar-refractivity contribution in [2.45, 2.75) is 77.3 Å². The molecule has 1 aliphatic rings. The van der Waals surface area contributed by atoms with Gasteiger partial charge in [0.05, 0.1) is 12.0 Å². The Morgan fingerprint density at radius 1 is 1.37 bits per heavy atom. The minimum atomic E-state index is 0.523. The Morgan fingerprint density at radius 2 is 2.26 bits per heavy atom. The molecule has 0 saturated carbocycles. The van der Waals surface area contributed by atoms with Crippen LogP contribution in [0.5, 0.6) is 0 Å². The average molecular weight is 263 g/mol. The highest BCUT2D eigenvalue weighted by Crippen LogP contribution is 2.26. The third kappa shape index (κ3) is 4.07. The summed E-state index contributed by atoms with van der Waals surface area (Å²) in [6, 6.07) is 1.10. The van der Waals surface area contributed by atoms with E-state index >= 15 is 0 Å².